The average molecular weight is 350 g/mol. The summed E-state index contributed by atoms with van der Waals surface area (Å²) in [6.07, 6.45) is 7.19. The number of nitrogens with one attached hydrogen (secondary N) is 1. The van der Waals surface area contributed by atoms with Crippen LogP contribution in [0, 0.1) is 5.92 Å². The Hall–Kier alpha value is -2.66. The number of amides is 1. The van der Waals surface area contributed by atoms with Gasteiger partial charge in [-0.05, 0) is 55.9 Å². The molecule has 0 saturated heterocycles. The molecule has 1 aliphatic rings. The molecule has 0 bridgehead atoms. The molecule has 0 radical (unpaired) electrons. The standard InChI is InChI=1S/C21H22N2O3/c24-13-14-1-7-17(8-2-14)23-21(25)16-5-3-15(4-6-16)20-18-10-12-26-19(18)9-11-22-20/h3-6,9-12,14,17,24H,1-2,7-8,13H2,(H,23,25). The van der Waals surface area contributed by atoms with E-state index >= 15 is 0 Å². The van der Waals surface area contributed by atoms with Crippen LogP contribution in [0.3, 0.4) is 0 Å². The fourth-order valence-electron chi connectivity index (χ4n) is 3.66. The first-order chi connectivity index (χ1) is 12.7. The van der Waals surface area contributed by atoms with Crippen molar-refractivity contribution in [3.8, 4) is 11.3 Å². The maximum Gasteiger partial charge on any atom is 0.251 e. The highest BCUT2D eigenvalue weighted by Crippen LogP contribution is 2.27. The fraction of sp³-hybridized carbons (Fsp3) is 0.333. The van der Waals surface area contributed by atoms with Crippen molar-refractivity contribution in [1.82, 2.24) is 10.3 Å². The first-order valence-electron chi connectivity index (χ1n) is 9.09. The lowest BCUT2D eigenvalue weighted by atomic mass is 9.86. The lowest BCUT2D eigenvalue weighted by molar-refractivity contribution is 0.0914. The molecule has 3 aromatic rings. The number of aromatic nitrogens is 1. The summed E-state index contributed by atoms with van der Waals surface area (Å²) in [4.78, 5) is 16.9. The number of hydrogen-bond donors (Lipinski definition) is 2. The van der Waals surface area contributed by atoms with Gasteiger partial charge in [0.2, 0.25) is 0 Å². The van der Waals surface area contributed by atoms with Crippen molar-refractivity contribution in [1.29, 1.82) is 0 Å². The van der Waals surface area contributed by atoms with E-state index in [4.69, 9.17) is 4.42 Å². The van der Waals surface area contributed by atoms with Gasteiger partial charge in [0.05, 0.1) is 12.0 Å². The number of fused-ring (bicyclic) bond motifs is 1. The topological polar surface area (TPSA) is 75.4 Å². The second-order valence-electron chi connectivity index (χ2n) is 6.94. The molecule has 1 aliphatic carbocycles. The van der Waals surface area contributed by atoms with Crippen LogP contribution in [0.5, 0.6) is 0 Å². The van der Waals surface area contributed by atoms with Gasteiger partial charge in [-0.2, -0.15) is 0 Å². The number of aliphatic hydroxyl groups excluding tert-OH is 1. The van der Waals surface area contributed by atoms with Crippen LogP contribution >= 0.6 is 0 Å². The van der Waals surface area contributed by atoms with Crippen LogP contribution < -0.4 is 5.32 Å². The highest BCUT2D eigenvalue weighted by Gasteiger charge is 2.22. The van der Waals surface area contributed by atoms with Crippen LogP contribution in [0.2, 0.25) is 0 Å². The minimum atomic E-state index is -0.0431. The molecule has 2 N–H and O–H groups in total. The normalized spacial score (nSPS) is 20.2. The molecule has 5 heteroatoms. The summed E-state index contributed by atoms with van der Waals surface area (Å²) >= 11 is 0. The van der Waals surface area contributed by atoms with Crippen LogP contribution in [0.1, 0.15) is 36.0 Å². The van der Waals surface area contributed by atoms with Gasteiger partial charge in [-0.3, -0.25) is 9.78 Å². The Labute approximate surface area is 152 Å². The van der Waals surface area contributed by atoms with Crippen molar-refractivity contribution in [2.75, 3.05) is 6.61 Å². The maximum absolute atomic E-state index is 12.5. The molecule has 0 aliphatic heterocycles. The highest BCUT2D eigenvalue weighted by molar-refractivity contribution is 5.96. The molecule has 134 valence electrons. The second kappa shape index (κ2) is 7.30. The van der Waals surface area contributed by atoms with Crippen LogP contribution in [-0.2, 0) is 0 Å². The lowest BCUT2D eigenvalue weighted by Gasteiger charge is -2.27. The summed E-state index contributed by atoms with van der Waals surface area (Å²) in [5, 5.41) is 13.3. The molecule has 26 heavy (non-hydrogen) atoms. The summed E-state index contributed by atoms with van der Waals surface area (Å²) in [5.41, 5.74) is 3.26. The van der Waals surface area contributed by atoms with Gasteiger partial charge in [-0.25, -0.2) is 0 Å². The number of furan rings is 1. The number of carbonyl (C=O) groups excluding carboxylic acids is 1. The van der Waals surface area contributed by atoms with E-state index in [0.717, 1.165) is 47.9 Å². The van der Waals surface area contributed by atoms with E-state index in [9.17, 15) is 9.90 Å². The van der Waals surface area contributed by atoms with Gasteiger partial charge in [0.25, 0.3) is 5.91 Å². The Morgan fingerprint density at radius 2 is 1.88 bits per heavy atom. The molecule has 0 unspecified atom stereocenters. The third-order valence-electron chi connectivity index (χ3n) is 5.24. The number of benzene rings is 1. The molecule has 0 atom stereocenters. The molecule has 2 aromatic heterocycles. The molecule has 4 rings (SSSR count). The van der Waals surface area contributed by atoms with Crippen molar-refractivity contribution in [2.45, 2.75) is 31.7 Å². The van der Waals surface area contributed by atoms with Gasteiger partial charge >= 0.3 is 0 Å². The van der Waals surface area contributed by atoms with Gasteiger partial charge in [-0.1, -0.05) is 12.1 Å². The SMILES string of the molecule is O=C(NC1CCC(CO)CC1)c1ccc(-c2nccc3occc23)cc1. The van der Waals surface area contributed by atoms with Gasteiger partial charge in [0.1, 0.15) is 5.58 Å². The summed E-state index contributed by atoms with van der Waals surface area (Å²) in [7, 11) is 0. The Kier molecular flexibility index (Phi) is 4.71. The van der Waals surface area contributed by atoms with Gasteiger partial charge < -0.3 is 14.8 Å². The fourth-order valence-corrected chi connectivity index (χ4v) is 3.66. The molecule has 2 heterocycles. The van der Waals surface area contributed by atoms with Crippen LogP contribution in [0.15, 0.2) is 53.3 Å². The van der Waals surface area contributed by atoms with E-state index in [-0.39, 0.29) is 18.6 Å². The monoisotopic (exact) mass is 350 g/mol. The van der Waals surface area contributed by atoms with Crippen molar-refractivity contribution >= 4 is 16.9 Å². The summed E-state index contributed by atoms with van der Waals surface area (Å²) in [6, 6.07) is 11.5. The van der Waals surface area contributed by atoms with E-state index in [1.54, 1.807) is 12.5 Å². The number of nitrogens with zero attached hydrogens (tertiary/aromatic N) is 1. The van der Waals surface area contributed by atoms with E-state index in [1.165, 1.54) is 0 Å². The van der Waals surface area contributed by atoms with E-state index in [2.05, 4.69) is 10.3 Å². The van der Waals surface area contributed by atoms with Crippen molar-refractivity contribution in [3.05, 3.63) is 54.4 Å². The number of carbonyl (C=O) groups is 1. The molecule has 5 nitrogen and oxygen atoms in total. The van der Waals surface area contributed by atoms with Gasteiger partial charge in [0.15, 0.2) is 0 Å². The minimum Gasteiger partial charge on any atom is -0.464 e. The predicted molar refractivity (Wildman–Crippen MR) is 99.7 cm³/mol. The smallest absolute Gasteiger partial charge is 0.251 e. The maximum atomic E-state index is 12.5. The Morgan fingerprint density at radius 3 is 2.62 bits per heavy atom. The molecular weight excluding hydrogens is 328 g/mol. The Balaban J connectivity index is 1.46. The molecule has 1 amide bonds. The van der Waals surface area contributed by atoms with Crippen molar-refractivity contribution in [2.24, 2.45) is 5.92 Å². The summed E-state index contributed by atoms with van der Waals surface area (Å²) in [6.45, 7) is 0.250. The number of pyridine rings is 1. The molecule has 1 saturated carbocycles. The molecule has 1 fully saturated rings. The lowest BCUT2D eigenvalue weighted by Crippen LogP contribution is -2.38. The third-order valence-corrected chi connectivity index (χ3v) is 5.24. The zero-order chi connectivity index (χ0) is 17.9. The largest absolute Gasteiger partial charge is 0.464 e. The molecular formula is C21H22N2O3. The first kappa shape index (κ1) is 16.8. The van der Waals surface area contributed by atoms with E-state index in [1.807, 2.05) is 36.4 Å². The van der Waals surface area contributed by atoms with E-state index < -0.39 is 0 Å². The Morgan fingerprint density at radius 1 is 1.12 bits per heavy atom. The quantitative estimate of drug-likeness (QED) is 0.751. The van der Waals surface area contributed by atoms with Crippen LogP contribution in [0.25, 0.3) is 22.2 Å². The van der Waals surface area contributed by atoms with Crippen molar-refractivity contribution in [3.63, 3.8) is 0 Å². The van der Waals surface area contributed by atoms with Crippen LogP contribution in [-0.4, -0.2) is 28.6 Å². The molecule has 0 spiro atoms. The molecule has 1 aromatic carbocycles. The van der Waals surface area contributed by atoms with Crippen LogP contribution in [0.4, 0.5) is 0 Å². The Bertz CT molecular complexity index is 893. The highest BCUT2D eigenvalue weighted by atomic mass is 16.3. The minimum absolute atomic E-state index is 0.0431. The predicted octanol–water partition coefficient (Wildman–Crippen LogP) is 3.78. The average Bonchev–Trinajstić information content (AvgIpc) is 3.17. The summed E-state index contributed by atoms with van der Waals surface area (Å²) in [5.74, 6) is 0.346. The number of aliphatic hydroxyl groups is 1. The van der Waals surface area contributed by atoms with E-state index in [0.29, 0.717) is 11.5 Å². The van der Waals surface area contributed by atoms with Crippen molar-refractivity contribution < 1.29 is 14.3 Å². The van der Waals surface area contributed by atoms with Gasteiger partial charge in [0, 0.05) is 35.4 Å². The zero-order valence-electron chi connectivity index (χ0n) is 14.5. The zero-order valence-corrected chi connectivity index (χ0v) is 14.5. The third kappa shape index (κ3) is 3.35. The second-order valence-corrected chi connectivity index (χ2v) is 6.94. The first-order valence-corrected chi connectivity index (χ1v) is 9.09. The number of rotatable bonds is 4. The summed E-state index contributed by atoms with van der Waals surface area (Å²) < 4.78 is 5.42. The van der Waals surface area contributed by atoms with Gasteiger partial charge in [-0.15, -0.1) is 0 Å². The number of hydrogen-bond acceptors (Lipinski definition) is 4.